The molecular weight excluding hydrogens is 264 g/mol. The Kier molecular flexibility index (Phi) is 4.21. The van der Waals surface area contributed by atoms with Crippen LogP contribution in [0.5, 0.6) is 5.75 Å². The normalized spacial score (nSPS) is 11.1. The Hall–Kier alpha value is -2.12. The molecule has 0 saturated carbocycles. The topological polar surface area (TPSA) is 105 Å². The minimum atomic E-state index is -1.42. The number of methoxy groups -OCH3 is 1. The first-order chi connectivity index (χ1) is 9.51. The molecule has 0 unspecified atom stereocenters. The van der Waals surface area contributed by atoms with Crippen LogP contribution in [0.2, 0.25) is 0 Å². The number of carbonyl (C=O) groups excluding carboxylic acids is 1. The maximum Gasteiger partial charge on any atom is 0.340 e. The SMILES string of the molecule is COC(=O)c1cc(OCCC(O)O)cc2[nH]c(C)nc12. The van der Waals surface area contributed by atoms with Crippen LogP contribution in [0.15, 0.2) is 12.1 Å². The van der Waals surface area contributed by atoms with Crippen molar-refractivity contribution in [3.8, 4) is 5.75 Å². The van der Waals surface area contributed by atoms with E-state index in [0.29, 0.717) is 28.2 Å². The molecule has 0 amide bonds. The number of rotatable bonds is 5. The molecule has 0 spiro atoms. The number of ether oxygens (including phenoxy) is 2. The molecule has 2 aromatic rings. The Labute approximate surface area is 115 Å². The third-order valence-electron chi connectivity index (χ3n) is 2.73. The number of aryl methyl sites for hydroxylation is 1. The Bertz CT molecular complexity index is 620. The van der Waals surface area contributed by atoms with Gasteiger partial charge in [-0.2, -0.15) is 0 Å². The van der Waals surface area contributed by atoms with Crippen molar-refractivity contribution in [2.75, 3.05) is 13.7 Å². The first-order valence-corrected chi connectivity index (χ1v) is 6.09. The Morgan fingerprint density at radius 3 is 2.85 bits per heavy atom. The van der Waals surface area contributed by atoms with Gasteiger partial charge in [-0.15, -0.1) is 0 Å². The van der Waals surface area contributed by atoms with Gasteiger partial charge in [-0.25, -0.2) is 9.78 Å². The van der Waals surface area contributed by atoms with Gasteiger partial charge in [-0.1, -0.05) is 0 Å². The van der Waals surface area contributed by atoms with Crippen molar-refractivity contribution in [3.05, 3.63) is 23.5 Å². The summed E-state index contributed by atoms with van der Waals surface area (Å²) in [5, 5.41) is 17.5. The molecular formula is C13H16N2O5. The molecule has 108 valence electrons. The van der Waals surface area contributed by atoms with Crippen molar-refractivity contribution in [1.29, 1.82) is 0 Å². The zero-order valence-electron chi connectivity index (χ0n) is 11.2. The highest BCUT2D eigenvalue weighted by atomic mass is 16.5. The predicted molar refractivity (Wildman–Crippen MR) is 70.5 cm³/mol. The van der Waals surface area contributed by atoms with Crippen LogP contribution in [0, 0.1) is 6.92 Å². The molecule has 0 aliphatic rings. The maximum absolute atomic E-state index is 11.8. The van der Waals surface area contributed by atoms with Crippen molar-refractivity contribution < 1.29 is 24.5 Å². The van der Waals surface area contributed by atoms with Gasteiger partial charge >= 0.3 is 5.97 Å². The summed E-state index contributed by atoms with van der Waals surface area (Å²) < 4.78 is 10.1. The number of esters is 1. The zero-order chi connectivity index (χ0) is 14.7. The van der Waals surface area contributed by atoms with E-state index < -0.39 is 12.3 Å². The van der Waals surface area contributed by atoms with Crippen molar-refractivity contribution in [3.63, 3.8) is 0 Å². The fourth-order valence-electron chi connectivity index (χ4n) is 1.85. The lowest BCUT2D eigenvalue weighted by Crippen LogP contribution is -2.11. The van der Waals surface area contributed by atoms with Crippen molar-refractivity contribution in [2.45, 2.75) is 19.6 Å². The standard InChI is InChI=1S/C13H16N2O5/c1-7-14-10-6-8(20-4-3-11(16)17)5-9(12(10)15-7)13(18)19-2/h5-6,11,16-17H,3-4H2,1-2H3,(H,14,15). The molecule has 0 aliphatic heterocycles. The number of fused-ring (bicyclic) bond motifs is 1. The molecule has 7 heteroatoms. The molecule has 20 heavy (non-hydrogen) atoms. The first kappa shape index (κ1) is 14.3. The average molecular weight is 280 g/mol. The van der Waals surface area contributed by atoms with Crippen LogP contribution in [-0.2, 0) is 4.74 Å². The van der Waals surface area contributed by atoms with Gasteiger partial charge in [0, 0.05) is 12.5 Å². The molecule has 0 radical (unpaired) electrons. The summed E-state index contributed by atoms with van der Waals surface area (Å²) in [6.45, 7) is 1.90. The van der Waals surface area contributed by atoms with Gasteiger partial charge in [0.1, 0.15) is 17.1 Å². The number of benzene rings is 1. The van der Waals surface area contributed by atoms with Crippen LogP contribution >= 0.6 is 0 Å². The van der Waals surface area contributed by atoms with Gasteiger partial charge < -0.3 is 24.7 Å². The van der Waals surface area contributed by atoms with Crippen molar-refractivity contribution >= 4 is 17.0 Å². The highest BCUT2D eigenvalue weighted by Gasteiger charge is 2.16. The van der Waals surface area contributed by atoms with Gasteiger partial charge in [0.2, 0.25) is 0 Å². The second kappa shape index (κ2) is 5.89. The lowest BCUT2D eigenvalue weighted by Gasteiger charge is -2.09. The number of aliphatic hydroxyl groups is 2. The van der Waals surface area contributed by atoms with E-state index >= 15 is 0 Å². The third kappa shape index (κ3) is 3.06. The average Bonchev–Trinajstić information content (AvgIpc) is 2.76. The Balaban J connectivity index is 2.34. The van der Waals surface area contributed by atoms with Crippen LogP contribution in [0.3, 0.4) is 0 Å². The fourth-order valence-corrected chi connectivity index (χ4v) is 1.85. The summed E-state index contributed by atoms with van der Waals surface area (Å²) in [6, 6.07) is 3.23. The number of H-pyrrole nitrogens is 1. The molecule has 3 N–H and O–H groups in total. The summed E-state index contributed by atoms with van der Waals surface area (Å²) in [5.41, 5.74) is 1.47. The fraction of sp³-hybridized carbons (Fsp3) is 0.385. The van der Waals surface area contributed by atoms with Crippen LogP contribution in [0.1, 0.15) is 22.6 Å². The Morgan fingerprint density at radius 1 is 1.45 bits per heavy atom. The van der Waals surface area contributed by atoms with Crippen LogP contribution in [0.25, 0.3) is 11.0 Å². The monoisotopic (exact) mass is 280 g/mol. The molecule has 0 bridgehead atoms. The minimum absolute atomic E-state index is 0.0770. The van der Waals surface area contributed by atoms with Crippen LogP contribution < -0.4 is 4.74 Å². The van der Waals surface area contributed by atoms with Gasteiger partial charge in [-0.3, -0.25) is 0 Å². The number of aromatic nitrogens is 2. The zero-order valence-corrected chi connectivity index (χ0v) is 11.2. The van der Waals surface area contributed by atoms with E-state index in [2.05, 4.69) is 9.97 Å². The summed E-state index contributed by atoms with van der Waals surface area (Å²) in [4.78, 5) is 19.0. The summed E-state index contributed by atoms with van der Waals surface area (Å²) in [5.74, 6) is 0.601. The van der Waals surface area contributed by atoms with Crippen LogP contribution in [-0.4, -0.2) is 46.2 Å². The van der Waals surface area contributed by atoms with Gasteiger partial charge in [-0.05, 0) is 13.0 Å². The number of aromatic amines is 1. The highest BCUT2D eigenvalue weighted by Crippen LogP contribution is 2.24. The van der Waals surface area contributed by atoms with Crippen molar-refractivity contribution in [1.82, 2.24) is 9.97 Å². The molecule has 0 saturated heterocycles. The van der Waals surface area contributed by atoms with Crippen molar-refractivity contribution in [2.24, 2.45) is 0 Å². The number of nitrogens with one attached hydrogen (secondary N) is 1. The molecule has 0 atom stereocenters. The predicted octanol–water partition coefficient (Wildman–Crippen LogP) is 0.738. The van der Waals surface area contributed by atoms with Gasteiger partial charge in [0.25, 0.3) is 0 Å². The molecule has 1 aromatic carbocycles. The summed E-state index contributed by atoms with van der Waals surface area (Å²) in [6.07, 6.45) is -1.35. The quantitative estimate of drug-likeness (QED) is 0.551. The largest absolute Gasteiger partial charge is 0.493 e. The summed E-state index contributed by atoms with van der Waals surface area (Å²) >= 11 is 0. The number of carbonyl (C=O) groups is 1. The molecule has 1 aromatic heterocycles. The van der Waals surface area contributed by atoms with E-state index in [1.165, 1.54) is 13.2 Å². The Morgan fingerprint density at radius 2 is 2.20 bits per heavy atom. The van der Waals surface area contributed by atoms with Crippen LogP contribution in [0.4, 0.5) is 0 Å². The second-order valence-electron chi connectivity index (χ2n) is 4.30. The van der Waals surface area contributed by atoms with E-state index in [-0.39, 0.29) is 13.0 Å². The second-order valence-corrected chi connectivity index (χ2v) is 4.30. The number of nitrogens with zero attached hydrogens (tertiary/aromatic N) is 1. The highest BCUT2D eigenvalue weighted by molar-refractivity contribution is 6.02. The molecule has 0 aliphatic carbocycles. The number of hydrogen-bond acceptors (Lipinski definition) is 6. The van der Waals surface area contributed by atoms with E-state index in [1.54, 1.807) is 13.0 Å². The minimum Gasteiger partial charge on any atom is -0.493 e. The molecule has 1 heterocycles. The van der Waals surface area contributed by atoms with E-state index in [9.17, 15) is 4.79 Å². The smallest absolute Gasteiger partial charge is 0.340 e. The molecule has 0 fully saturated rings. The maximum atomic E-state index is 11.8. The number of aliphatic hydroxyl groups excluding tert-OH is 1. The third-order valence-corrected chi connectivity index (χ3v) is 2.73. The lowest BCUT2D eigenvalue weighted by molar-refractivity contribution is -0.0519. The van der Waals surface area contributed by atoms with E-state index in [0.717, 1.165) is 0 Å². The van der Waals surface area contributed by atoms with E-state index in [4.69, 9.17) is 19.7 Å². The summed E-state index contributed by atoms with van der Waals surface area (Å²) in [7, 11) is 1.29. The number of hydrogen-bond donors (Lipinski definition) is 3. The van der Waals surface area contributed by atoms with Gasteiger partial charge in [0.05, 0.1) is 24.8 Å². The molecule has 2 rings (SSSR count). The van der Waals surface area contributed by atoms with E-state index in [1.807, 2.05) is 0 Å². The number of imidazole rings is 1. The first-order valence-electron chi connectivity index (χ1n) is 6.09. The molecule has 7 nitrogen and oxygen atoms in total. The van der Waals surface area contributed by atoms with Gasteiger partial charge in [0.15, 0.2) is 6.29 Å². The lowest BCUT2D eigenvalue weighted by atomic mass is 10.1.